The van der Waals surface area contributed by atoms with Gasteiger partial charge in [-0.15, -0.1) is 0 Å². The van der Waals surface area contributed by atoms with Gasteiger partial charge in [0, 0.05) is 17.6 Å². The highest BCUT2D eigenvalue weighted by molar-refractivity contribution is 6.28. The van der Waals surface area contributed by atoms with Gasteiger partial charge in [-0.1, -0.05) is 31.0 Å². The van der Waals surface area contributed by atoms with Crippen molar-refractivity contribution in [1.82, 2.24) is 15.3 Å². The number of carbonyl (C=O) groups excluding carboxylic acids is 1. The number of anilines is 1. The van der Waals surface area contributed by atoms with E-state index in [1.54, 1.807) is 24.3 Å². The second kappa shape index (κ2) is 8.09. The van der Waals surface area contributed by atoms with Gasteiger partial charge in [-0.2, -0.15) is 4.98 Å². The third kappa shape index (κ3) is 4.26. The van der Waals surface area contributed by atoms with Crippen LogP contribution >= 0.6 is 11.6 Å². The normalized spacial score (nSPS) is 19.6. The van der Waals surface area contributed by atoms with E-state index in [1.807, 2.05) is 6.07 Å². The van der Waals surface area contributed by atoms with Crippen molar-refractivity contribution in [2.24, 2.45) is 0 Å². The standard InChI is InChI=1S/C17H18ClN5O3/c18-17-19-10-14(23(25)26)15(22-17)20-12-8-4-5-9-13(12)21-16(24)11-6-2-1-3-7-11/h1-3,6-7,10,12-13H,4-5,8-9H2,(H,21,24)(H,19,20,22). The Labute approximate surface area is 155 Å². The number of nitro groups is 1. The number of carbonyl (C=O) groups is 1. The maximum Gasteiger partial charge on any atom is 0.329 e. The number of amides is 1. The number of hydrogen-bond donors (Lipinski definition) is 2. The summed E-state index contributed by atoms with van der Waals surface area (Å²) >= 11 is 5.79. The minimum atomic E-state index is -0.557. The van der Waals surface area contributed by atoms with Crippen LogP contribution in [0, 0.1) is 10.1 Å². The number of halogens is 1. The molecule has 136 valence electrons. The van der Waals surface area contributed by atoms with Gasteiger partial charge in [-0.05, 0) is 36.6 Å². The molecule has 8 nitrogen and oxygen atoms in total. The smallest absolute Gasteiger partial charge is 0.329 e. The van der Waals surface area contributed by atoms with Crippen LogP contribution in [0.4, 0.5) is 11.5 Å². The van der Waals surface area contributed by atoms with Crippen LogP contribution in [0.15, 0.2) is 36.5 Å². The maximum atomic E-state index is 12.4. The topological polar surface area (TPSA) is 110 Å². The summed E-state index contributed by atoms with van der Waals surface area (Å²) in [6.07, 6.45) is 4.56. The monoisotopic (exact) mass is 375 g/mol. The zero-order valence-electron chi connectivity index (χ0n) is 13.9. The molecule has 0 radical (unpaired) electrons. The van der Waals surface area contributed by atoms with Crippen molar-refractivity contribution in [1.29, 1.82) is 0 Å². The number of aromatic nitrogens is 2. The number of benzene rings is 1. The van der Waals surface area contributed by atoms with Gasteiger partial charge >= 0.3 is 5.69 Å². The van der Waals surface area contributed by atoms with E-state index in [4.69, 9.17) is 11.6 Å². The zero-order chi connectivity index (χ0) is 18.5. The molecule has 2 aromatic rings. The molecule has 1 saturated carbocycles. The summed E-state index contributed by atoms with van der Waals surface area (Å²) in [5, 5.41) is 17.2. The SMILES string of the molecule is O=C(NC1CCCCC1Nc1nc(Cl)ncc1[N+](=O)[O-])c1ccccc1. The fraction of sp³-hybridized carbons (Fsp3) is 0.353. The number of rotatable bonds is 5. The fourth-order valence-corrected chi connectivity index (χ4v) is 3.22. The Kier molecular flexibility index (Phi) is 5.62. The molecule has 2 unspecified atom stereocenters. The summed E-state index contributed by atoms with van der Waals surface area (Å²) in [5.41, 5.74) is 0.334. The van der Waals surface area contributed by atoms with Crippen LogP contribution in [0.2, 0.25) is 5.28 Å². The molecule has 9 heteroatoms. The third-order valence-electron chi connectivity index (χ3n) is 4.38. The van der Waals surface area contributed by atoms with Gasteiger partial charge in [0.05, 0.1) is 4.92 Å². The summed E-state index contributed by atoms with van der Waals surface area (Å²) in [6, 6.07) is 8.60. The largest absolute Gasteiger partial charge is 0.359 e. The summed E-state index contributed by atoms with van der Waals surface area (Å²) in [7, 11) is 0. The second-order valence-corrected chi connectivity index (χ2v) is 6.45. The first-order chi connectivity index (χ1) is 12.5. The van der Waals surface area contributed by atoms with Crippen molar-refractivity contribution in [2.75, 3.05) is 5.32 Å². The average molecular weight is 376 g/mol. The van der Waals surface area contributed by atoms with Crippen molar-refractivity contribution >= 4 is 29.0 Å². The van der Waals surface area contributed by atoms with Crippen LogP contribution in [0.1, 0.15) is 36.0 Å². The molecule has 1 aliphatic rings. The molecule has 2 atom stereocenters. The lowest BCUT2D eigenvalue weighted by Gasteiger charge is -2.33. The van der Waals surface area contributed by atoms with Gasteiger partial charge in [0.15, 0.2) is 0 Å². The van der Waals surface area contributed by atoms with Crippen LogP contribution in [-0.4, -0.2) is 32.9 Å². The summed E-state index contributed by atoms with van der Waals surface area (Å²) in [5.74, 6) is -0.0969. The Balaban J connectivity index is 1.77. The van der Waals surface area contributed by atoms with E-state index >= 15 is 0 Å². The summed E-state index contributed by atoms with van der Waals surface area (Å²) < 4.78 is 0. The van der Waals surface area contributed by atoms with Gasteiger partial charge in [0.1, 0.15) is 6.20 Å². The van der Waals surface area contributed by atoms with Crippen LogP contribution < -0.4 is 10.6 Å². The number of hydrogen-bond acceptors (Lipinski definition) is 6. The Morgan fingerprint density at radius 1 is 1.19 bits per heavy atom. The van der Waals surface area contributed by atoms with Crippen molar-refractivity contribution in [3.8, 4) is 0 Å². The summed E-state index contributed by atoms with van der Waals surface area (Å²) in [6.45, 7) is 0. The Bertz CT molecular complexity index is 802. The van der Waals surface area contributed by atoms with Crippen molar-refractivity contribution in [3.63, 3.8) is 0 Å². The van der Waals surface area contributed by atoms with E-state index in [2.05, 4.69) is 20.6 Å². The maximum absolute atomic E-state index is 12.4. The molecule has 1 amide bonds. The zero-order valence-corrected chi connectivity index (χ0v) is 14.6. The predicted molar refractivity (Wildman–Crippen MR) is 97.3 cm³/mol. The number of nitrogens with zero attached hydrogens (tertiary/aromatic N) is 3. The summed E-state index contributed by atoms with van der Waals surface area (Å²) in [4.78, 5) is 30.7. The van der Waals surface area contributed by atoms with E-state index in [0.29, 0.717) is 5.56 Å². The highest BCUT2D eigenvalue weighted by Gasteiger charge is 2.29. The molecule has 0 bridgehead atoms. The van der Waals surface area contributed by atoms with Gasteiger partial charge in [-0.3, -0.25) is 14.9 Å². The molecule has 26 heavy (non-hydrogen) atoms. The molecule has 0 saturated heterocycles. The molecular formula is C17H18ClN5O3. The molecule has 0 spiro atoms. The minimum Gasteiger partial charge on any atom is -0.359 e. The minimum absolute atomic E-state index is 0.0702. The first-order valence-corrected chi connectivity index (χ1v) is 8.72. The fourth-order valence-electron chi connectivity index (χ4n) is 3.09. The van der Waals surface area contributed by atoms with Crippen LogP contribution in [0.5, 0.6) is 0 Å². The molecule has 3 rings (SSSR count). The van der Waals surface area contributed by atoms with Crippen LogP contribution in [0.25, 0.3) is 0 Å². The van der Waals surface area contributed by atoms with Gasteiger partial charge < -0.3 is 10.6 Å². The Morgan fingerprint density at radius 2 is 1.88 bits per heavy atom. The number of nitrogens with one attached hydrogen (secondary N) is 2. The second-order valence-electron chi connectivity index (χ2n) is 6.11. The molecule has 0 aliphatic heterocycles. The molecule has 1 aromatic heterocycles. The van der Waals surface area contributed by atoms with E-state index in [1.165, 1.54) is 0 Å². The van der Waals surface area contributed by atoms with Gasteiger partial charge in [0.25, 0.3) is 5.91 Å². The van der Waals surface area contributed by atoms with E-state index in [-0.39, 0.29) is 34.8 Å². The molecule has 2 N–H and O–H groups in total. The van der Waals surface area contributed by atoms with Crippen molar-refractivity contribution in [3.05, 3.63) is 57.5 Å². The predicted octanol–water partition coefficient (Wildman–Crippen LogP) is 3.19. The lowest BCUT2D eigenvalue weighted by molar-refractivity contribution is -0.384. The van der Waals surface area contributed by atoms with Crippen LogP contribution in [-0.2, 0) is 0 Å². The lowest BCUT2D eigenvalue weighted by atomic mass is 9.90. The average Bonchev–Trinajstić information content (AvgIpc) is 2.64. The molecule has 1 aromatic carbocycles. The van der Waals surface area contributed by atoms with E-state index < -0.39 is 4.92 Å². The first kappa shape index (κ1) is 18.1. The molecule has 1 aliphatic carbocycles. The van der Waals surface area contributed by atoms with Gasteiger partial charge in [-0.25, -0.2) is 4.98 Å². The van der Waals surface area contributed by atoms with Crippen molar-refractivity contribution in [2.45, 2.75) is 37.8 Å². The Hall–Kier alpha value is -2.74. The molecule has 1 fully saturated rings. The quantitative estimate of drug-likeness (QED) is 0.471. The van der Waals surface area contributed by atoms with Crippen molar-refractivity contribution < 1.29 is 9.72 Å². The lowest BCUT2D eigenvalue weighted by Crippen LogP contribution is -2.48. The van der Waals surface area contributed by atoms with E-state index in [9.17, 15) is 14.9 Å². The highest BCUT2D eigenvalue weighted by atomic mass is 35.5. The highest BCUT2D eigenvalue weighted by Crippen LogP contribution is 2.27. The molecular weight excluding hydrogens is 358 g/mol. The Morgan fingerprint density at radius 3 is 2.58 bits per heavy atom. The van der Waals surface area contributed by atoms with E-state index in [0.717, 1.165) is 31.9 Å². The van der Waals surface area contributed by atoms with Gasteiger partial charge in [0.2, 0.25) is 11.1 Å². The van der Waals surface area contributed by atoms with Crippen LogP contribution in [0.3, 0.4) is 0 Å². The first-order valence-electron chi connectivity index (χ1n) is 8.34. The third-order valence-corrected chi connectivity index (χ3v) is 4.56. The molecule has 1 heterocycles.